The van der Waals surface area contributed by atoms with Crippen molar-refractivity contribution < 1.29 is 9.90 Å². The molecule has 4 nitrogen and oxygen atoms in total. The van der Waals surface area contributed by atoms with Crippen LogP contribution in [0.15, 0.2) is 30.3 Å². The second-order valence-electron chi connectivity index (χ2n) is 5.93. The minimum absolute atomic E-state index is 0.0541. The minimum atomic E-state index is 0.0541. The maximum Gasteiger partial charge on any atom is 0.234 e. The predicted molar refractivity (Wildman–Crippen MR) is 84.0 cm³/mol. The van der Waals surface area contributed by atoms with Crippen molar-refractivity contribution in [2.45, 2.75) is 32.2 Å². The summed E-state index contributed by atoms with van der Waals surface area (Å²) in [6, 6.07) is 10.3. The molecular weight excluding hydrogens is 264 g/mol. The number of nitrogens with one attached hydrogen (secondary N) is 1. The summed E-state index contributed by atoms with van der Waals surface area (Å²) in [5.74, 6) is 0.513. The largest absolute Gasteiger partial charge is 0.395 e. The number of hydrogen-bond donors (Lipinski definition) is 2. The Kier molecular flexibility index (Phi) is 6.21. The van der Waals surface area contributed by atoms with Crippen LogP contribution in [0.3, 0.4) is 0 Å². The molecule has 1 amide bonds. The van der Waals surface area contributed by atoms with Gasteiger partial charge in [-0.3, -0.25) is 9.69 Å². The molecule has 1 heterocycles. The van der Waals surface area contributed by atoms with Gasteiger partial charge in [-0.05, 0) is 37.3 Å². The summed E-state index contributed by atoms with van der Waals surface area (Å²) in [4.78, 5) is 14.2. The van der Waals surface area contributed by atoms with Crippen molar-refractivity contribution >= 4 is 5.91 Å². The summed E-state index contributed by atoms with van der Waals surface area (Å²) in [5.41, 5.74) is 1.23. The third-order valence-corrected chi connectivity index (χ3v) is 4.34. The number of piperidine rings is 1. The van der Waals surface area contributed by atoms with Gasteiger partial charge in [0.1, 0.15) is 0 Å². The molecule has 1 aromatic carbocycles. The van der Waals surface area contributed by atoms with Gasteiger partial charge in [-0.25, -0.2) is 0 Å². The Morgan fingerprint density at radius 1 is 1.38 bits per heavy atom. The number of amides is 1. The molecular formula is C17H26N2O2. The lowest BCUT2D eigenvalue weighted by molar-refractivity contribution is -0.123. The second-order valence-corrected chi connectivity index (χ2v) is 5.93. The Morgan fingerprint density at radius 2 is 2.14 bits per heavy atom. The van der Waals surface area contributed by atoms with E-state index in [2.05, 4.69) is 29.3 Å². The van der Waals surface area contributed by atoms with E-state index >= 15 is 0 Å². The van der Waals surface area contributed by atoms with Gasteiger partial charge in [0.2, 0.25) is 5.91 Å². The first-order chi connectivity index (χ1) is 10.2. The average molecular weight is 290 g/mol. The van der Waals surface area contributed by atoms with Crippen molar-refractivity contribution in [1.29, 1.82) is 0 Å². The quantitative estimate of drug-likeness (QED) is 0.833. The lowest BCUT2D eigenvalue weighted by atomic mass is 9.91. The standard InChI is InChI=1S/C17H26N2O2/c1-14-6-5-11-19(16(14)13-20)12-17(21)18-10-9-15-7-3-2-4-8-15/h2-4,7-8,14,16,20H,5-6,9-13H2,1H3,(H,18,21). The summed E-state index contributed by atoms with van der Waals surface area (Å²) < 4.78 is 0. The first-order valence-electron chi connectivity index (χ1n) is 7.86. The van der Waals surface area contributed by atoms with Crippen LogP contribution >= 0.6 is 0 Å². The molecule has 4 heteroatoms. The second kappa shape index (κ2) is 8.15. The zero-order valence-electron chi connectivity index (χ0n) is 12.8. The zero-order valence-corrected chi connectivity index (χ0v) is 12.8. The third-order valence-electron chi connectivity index (χ3n) is 4.34. The van der Waals surface area contributed by atoms with Gasteiger partial charge in [-0.2, -0.15) is 0 Å². The first kappa shape index (κ1) is 16.0. The number of aliphatic hydroxyl groups excluding tert-OH is 1. The van der Waals surface area contributed by atoms with Crippen molar-refractivity contribution in [3.05, 3.63) is 35.9 Å². The molecule has 116 valence electrons. The minimum Gasteiger partial charge on any atom is -0.395 e. The van der Waals surface area contributed by atoms with Gasteiger partial charge >= 0.3 is 0 Å². The van der Waals surface area contributed by atoms with Crippen LogP contribution in [0.5, 0.6) is 0 Å². The van der Waals surface area contributed by atoms with E-state index in [0.717, 1.165) is 25.8 Å². The van der Waals surface area contributed by atoms with E-state index < -0.39 is 0 Å². The molecule has 2 rings (SSSR count). The lowest BCUT2D eigenvalue weighted by Crippen LogP contribution is -2.50. The van der Waals surface area contributed by atoms with Crippen molar-refractivity contribution in [1.82, 2.24) is 10.2 Å². The summed E-state index contributed by atoms with van der Waals surface area (Å²) in [7, 11) is 0. The smallest absolute Gasteiger partial charge is 0.234 e. The van der Waals surface area contributed by atoms with Crippen molar-refractivity contribution in [2.24, 2.45) is 5.92 Å². The summed E-state index contributed by atoms with van der Waals surface area (Å²) >= 11 is 0. The molecule has 1 fully saturated rings. The van der Waals surface area contributed by atoms with Crippen LogP contribution in [0.4, 0.5) is 0 Å². The maximum absolute atomic E-state index is 12.0. The highest BCUT2D eigenvalue weighted by atomic mass is 16.3. The summed E-state index contributed by atoms with van der Waals surface area (Å²) in [6.07, 6.45) is 3.10. The number of hydrogen-bond acceptors (Lipinski definition) is 3. The van der Waals surface area contributed by atoms with E-state index in [-0.39, 0.29) is 18.6 Å². The normalized spacial score (nSPS) is 23.0. The maximum atomic E-state index is 12.0. The molecule has 1 aliphatic rings. The van der Waals surface area contributed by atoms with Crippen molar-refractivity contribution in [3.63, 3.8) is 0 Å². The van der Waals surface area contributed by atoms with Crippen LogP contribution in [0.1, 0.15) is 25.3 Å². The zero-order chi connectivity index (χ0) is 15.1. The van der Waals surface area contributed by atoms with Crippen molar-refractivity contribution in [3.8, 4) is 0 Å². The van der Waals surface area contributed by atoms with Crippen LogP contribution < -0.4 is 5.32 Å². The topological polar surface area (TPSA) is 52.6 Å². The Hall–Kier alpha value is -1.39. The third kappa shape index (κ3) is 4.83. The highest BCUT2D eigenvalue weighted by molar-refractivity contribution is 5.78. The predicted octanol–water partition coefficient (Wildman–Crippen LogP) is 1.44. The van der Waals surface area contributed by atoms with E-state index in [1.807, 2.05) is 18.2 Å². The fraction of sp³-hybridized carbons (Fsp3) is 0.588. The van der Waals surface area contributed by atoms with Gasteiger partial charge in [-0.1, -0.05) is 37.3 Å². The van der Waals surface area contributed by atoms with Gasteiger partial charge in [0.25, 0.3) is 0 Å². The summed E-state index contributed by atoms with van der Waals surface area (Å²) in [6.45, 7) is 4.25. The Labute approximate surface area is 127 Å². The van der Waals surface area contributed by atoms with E-state index in [1.165, 1.54) is 5.56 Å². The molecule has 1 aliphatic heterocycles. The number of carbonyl (C=O) groups is 1. The number of nitrogens with zero attached hydrogens (tertiary/aromatic N) is 1. The Bertz CT molecular complexity index is 436. The van der Waals surface area contributed by atoms with Crippen molar-refractivity contribution in [2.75, 3.05) is 26.2 Å². The van der Waals surface area contributed by atoms with Crippen LogP contribution in [0.2, 0.25) is 0 Å². The number of likely N-dealkylation sites (tertiary alicyclic amines) is 1. The molecule has 1 aromatic rings. The Morgan fingerprint density at radius 3 is 2.86 bits per heavy atom. The van der Waals surface area contributed by atoms with E-state index in [0.29, 0.717) is 19.0 Å². The summed E-state index contributed by atoms with van der Waals surface area (Å²) in [5, 5.41) is 12.5. The molecule has 0 bridgehead atoms. The van der Waals surface area contributed by atoms with E-state index in [1.54, 1.807) is 0 Å². The van der Waals surface area contributed by atoms with E-state index in [4.69, 9.17) is 0 Å². The Balaban J connectivity index is 1.73. The van der Waals surface area contributed by atoms with Crippen LogP contribution in [0.25, 0.3) is 0 Å². The van der Waals surface area contributed by atoms with Gasteiger partial charge in [0, 0.05) is 12.6 Å². The van der Waals surface area contributed by atoms with Gasteiger partial charge in [0.05, 0.1) is 13.2 Å². The fourth-order valence-corrected chi connectivity index (χ4v) is 3.06. The van der Waals surface area contributed by atoms with E-state index in [9.17, 15) is 9.90 Å². The highest BCUT2D eigenvalue weighted by Gasteiger charge is 2.28. The molecule has 0 aliphatic carbocycles. The molecule has 0 saturated carbocycles. The molecule has 0 spiro atoms. The molecule has 2 unspecified atom stereocenters. The van der Waals surface area contributed by atoms with Gasteiger partial charge in [0.15, 0.2) is 0 Å². The molecule has 2 atom stereocenters. The fourth-order valence-electron chi connectivity index (χ4n) is 3.06. The number of carbonyl (C=O) groups excluding carboxylic acids is 1. The van der Waals surface area contributed by atoms with Gasteiger partial charge < -0.3 is 10.4 Å². The number of aliphatic hydroxyl groups is 1. The first-order valence-corrected chi connectivity index (χ1v) is 7.86. The molecule has 2 N–H and O–H groups in total. The molecule has 0 aromatic heterocycles. The molecule has 0 radical (unpaired) electrons. The van der Waals surface area contributed by atoms with Crippen LogP contribution in [-0.4, -0.2) is 48.2 Å². The molecule has 21 heavy (non-hydrogen) atoms. The number of rotatable bonds is 6. The lowest BCUT2D eigenvalue weighted by Gasteiger charge is -2.38. The SMILES string of the molecule is CC1CCCN(CC(=O)NCCc2ccccc2)C1CO. The average Bonchev–Trinajstić information content (AvgIpc) is 2.48. The molecule has 1 saturated heterocycles. The van der Waals surface area contributed by atoms with Crippen LogP contribution in [-0.2, 0) is 11.2 Å². The monoisotopic (exact) mass is 290 g/mol. The van der Waals surface area contributed by atoms with Crippen LogP contribution in [0, 0.1) is 5.92 Å². The highest BCUT2D eigenvalue weighted by Crippen LogP contribution is 2.22. The number of benzene rings is 1. The van der Waals surface area contributed by atoms with Gasteiger partial charge in [-0.15, -0.1) is 0 Å².